The largest absolute Gasteiger partial charge is 0.506 e. The predicted octanol–water partition coefficient (Wildman–Crippen LogP) is 2.69. The Morgan fingerprint density at radius 1 is 1.17 bits per heavy atom. The molecule has 3 aromatic rings. The van der Waals surface area contributed by atoms with Gasteiger partial charge in [0.05, 0.1) is 24.3 Å². The summed E-state index contributed by atoms with van der Waals surface area (Å²) in [5.74, 6) is 0.489. The van der Waals surface area contributed by atoms with Crippen molar-refractivity contribution in [3.63, 3.8) is 0 Å². The van der Waals surface area contributed by atoms with Gasteiger partial charge in [0.15, 0.2) is 0 Å². The van der Waals surface area contributed by atoms with Crippen LogP contribution < -0.4 is 10.1 Å². The molecule has 9 nitrogen and oxygen atoms in total. The molecule has 30 heavy (non-hydrogen) atoms. The third-order valence-electron chi connectivity index (χ3n) is 5.90. The number of halogens is 1. The van der Waals surface area contributed by atoms with E-state index in [0.717, 1.165) is 12.8 Å². The van der Waals surface area contributed by atoms with Crippen LogP contribution in [0.3, 0.4) is 0 Å². The number of hydrogen-bond donors (Lipinski definition) is 2. The van der Waals surface area contributed by atoms with Crippen LogP contribution in [-0.4, -0.2) is 52.5 Å². The zero-order valence-corrected chi connectivity index (χ0v) is 17.6. The number of ether oxygens (including phenoxy) is 1. The van der Waals surface area contributed by atoms with Crippen molar-refractivity contribution in [2.75, 3.05) is 0 Å². The summed E-state index contributed by atoms with van der Waals surface area (Å²) in [5.41, 5.74) is 1.70. The van der Waals surface area contributed by atoms with Crippen LogP contribution >= 0.6 is 12.4 Å². The van der Waals surface area contributed by atoms with Gasteiger partial charge >= 0.3 is 0 Å². The molecule has 0 radical (unpaired) electrons. The number of rotatable bonds is 4. The van der Waals surface area contributed by atoms with E-state index >= 15 is 0 Å². The van der Waals surface area contributed by atoms with Crippen LogP contribution in [0.15, 0.2) is 36.8 Å². The first-order chi connectivity index (χ1) is 13.9. The Kier molecular flexibility index (Phi) is 5.11. The van der Waals surface area contributed by atoms with Gasteiger partial charge in [0.1, 0.15) is 23.2 Å². The van der Waals surface area contributed by atoms with Crippen molar-refractivity contribution in [3.8, 4) is 28.7 Å². The number of aromatic hydroxyl groups is 1. The van der Waals surface area contributed by atoms with Crippen molar-refractivity contribution in [1.29, 1.82) is 0 Å². The van der Waals surface area contributed by atoms with Gasteiger partial charge in [0.25, 0.3) is 0 Å². The summed E-state index contributed by atoms with van der Waals surface area (Å²) < 4.78 is 7.66. The minimum atomic E-state index is -0.00301. The van der Waals surface area contributed by atoms with Crippen LogP contribution in [-0.2, 0) is 0 Å². The van der Waals surface area contributed by atoms with Gasteiger partial charge in [-0.2, -0.15) is 0 Å². The van der Waals surface area contributed by atoms with E-state index in [1.54, 1.807) is 36.8 Å². The molecular formula is C20H24ClN7O2. The summed E-state index contributed by atoms with van der Waals surface area (Å²) in [4.78, 5) is 4.31. The summed E-state index contributed by atoms with van der Waals surface area (Å²) in [5, 5.41) is 30.2. The van der Waals surface area contributed by atoms with E-state index in [9.17, 15) is 5.11 Å². The van der Waals surface area contributed by atoms with E-state index in [-0.39, 0.29) is 35.3 Å². The molecule has 2 aliphatic rings. The molecule has 2 bridgehead atoms. The Morgan fingerprint density at radius 3 is 2.53 bits per heavy atom. The molecule has 1 unspecified atom stereocenters. The maximum atomic E-state index is 10.4. The lowest BCUT2D eigenvalue weighted by atomic mass is 9.86. The first kappa shape index (κ1) is 20.5. The van der Waals surface area contributed by atoms with Gasteiger partial charge in [-0.15, -0.1) is 27.7 Å². The van der Waals surface area contributed by atoms with Crippen molar-refractivity contribution in [2.24, 2.45) is 0 Å². The normalized spacial score (nSPS) is 27.5. The van der Waals surface area contributed by atoms with E-state index < -0.39 is 0 Å². The Bertz CT molecular complexity index is 1010. The number of aromatic nitrogens is 6. The molecule has 10 heteroatoms. The van der Waals surface area contributed by atoms with E-state index in [4.69, 9.17) is 4.74 Å². The SMILES string of the molecule is C[C@]12CC[C@](C)(CC(Oc3ccc(-c4ncc(-n5ccnn5)cc4O)nn3)C1)N2.Cl. The summed E-state index contributed by atoms with van der Waals surface area (Å²) in [6.45, 7) is 4.53. The number of hydrogen-bond acceptors (Lipinski definition) is 8. The molecular weight excluding hydrogens is 406 g/mol. The highest BCUT2D eigenvalue weighted by atomic mass is 35.5. The van der Waals surface area contributed by atoms with E-state index in [2.05, 4.69) is 44.7 Å². The number of pyridine rings is 1. The van der Waals surface area contributed by atoms with E-state index in [1.165, 1.54) is 17.5 Å². The molecule has 0 spiro atoms. The van der Waals surface area contributed by atoms with Crippen LogP contribution in [0.5, 0.6) is 11.6 Å². The predicted molar refractivity (Wildman–Crippen MR) is 112 cm³/mol. The molecule has 3 aromatic heterocycles. The van der Waals surface area contributed by atoms with Crippen LogP contribution in [0.4, 0.5) is 0 Å². The van der Waals surface area contributed by atoms with Gasteiger partial charge < -0.3 is 15.2 Å². The maximum Gasteiger partial charge on any atom is 0.233 e. The van der Waals surface area contributed by atoms with Crippen molar-refractivity contribution >= 4 is 12.4 Å². The monoisotopic (exact) mass is 429 g/mol. The lowest BCUT2D eigenvalue weighted by molar-refractivity contribution is 0.0754. The second-order valence-corrected chi connectivity index (χ2v) is 8.56. The van der Waals surface area contributed by atoms with Crippen molar-refractivity contribution in [1.82, 2.24) is 35.5 Å². The third-order valence-corrected chi connectivity index (χ3v) is 5.90. The lowest BCUT2D eigenvalue weighted by Crippen LogP contribution is -2.56. The molecule has 2 fully saturated rings. The average molecular weight is 430 g/mol. The number of piperidine rings is 1. The fourth-order valence-electron chi connectivity index (χ4n) is 4.66. The zero-order valence-electron chi connectivity index (χ0n) is 16.8. The molecule has 5 rings (SSSR count). The number of fused-ring (bicyclic) bond motifs is 2. The Balaban J connectivity index is 0.00000218. The molecule has 2 N–H and O–H groups in total. The van der Waals surface area contributed by atoms with Crippen molar-refractivity contribution < 1.29 is 9.84 Å². The van der Waals surface area contributed by atoms with E-state index in [1.807, 2.05) is 0 Å². The fraction of sp³-hybridized carbons (Fsp3) is 0.450. The molecule has 0 amide bonds. The van der Waals surface area contributed by atoms with Crippen LogP contribution in [0, 0.1) is 0 Å². The molecule has 2 aliphatic heterocycles. The minimum absolute atomic E-state index is 0. The van der Waals surface area contributed by atoms with Gasteiger partial charge in [-0.3, -0.25) is 0 Å². The summed E-state index contributed by atoms with van der Waals surface area (Å²) in [6.07, 6.45) is 9.20. The lowest BCUT2D eigenvalue weighted by Gasteiger charge is -2.41. The molecule has 5 heterocycles. The van der Waals surface area contributed by atoms with Crippen molar-refractivity contribution in [3.05, 3.63) is 36.8 Å². The Labute approximate surface area is 180 Å². The molecule has 0 saturated carbocycles. The average Bonchev–Trinajstić information content (AvgIpc) is 3.28. The molecule has 158 valence electrons. The third kappa shape index (κ3) is 3.82. The van der Waals surface area contributed by atoms with Crippen LogP contribution in [0.25, 0.3) is 17.1 Å². The van der Waals surface area contributed by atoms with Gasteiger partial charge in [-0.05, 0) is 32.8 Å². The minimum Gasteiger partial charge on any atom is -0.506 e. The second kappa shape index (κ2) is 7.48. The van der Waals surface area contributed by atoms with Crippen LogP contribution in [0.2, 0.25) is 0 Å². The first-order valence-electron chi connectivity index (χ1n) is 9.77. The smallest absolute Gasteiger partial charge is 0.233 e. The summed E-state index contributed by atoms with van der Waals surface area (Å²) in [7, 11) is 0. The van der Waals surface area contributed by atoms with E-state index in [0.29, 0.717) is 23.0 Å². The maximum absolute atomic E-state index is 10.4. The van der Waals surface area contributed by atoms with Gasteiger partial charge in [-0.25, -0.2) is 9.67 Å². The zero-order chi connectivity index (χ0) is 20.1. The second-order valence-electron chi connectivity index (χ2n) is 8.56. The Morgan fingerprint density at radius 2 is 1.93 bits per heavy atom. The molecule has 2 saturated heterocycles. The highest BCUT2D eigenvalue weighted by molar-refractivity contribution is 5.85. The first-order valence-corrected chi connectivity index (χ1v) is 9.77. The summed E-state index contributed by atoms with van der Waals surface area (Å²) >= 11 is 0. The fourth-order valence-corrected chi connectivity index (χ4v) is 4.66. The Hall–Kier alpha value is -2.78. The van der Waals surface area contributed by atoms with Crippen molar-refractivity contribution in [2.45, 2.75) is 56.7 Å². The quantitative estimate of drug-likeness (QED) is 0.651. The number of nitrogens with zero attached hydrogens (tertiary/aromatic N) is 6. The van der Waals surface area contributed by atoms with Gasteiger partial charge in [0.2, 0.25) is 5.88 Å². The van der Waals surface area contributed by atoms with Crippen LogP contribution in [0.1, 0.15) is 39.5 Å². The molecule has 3 atom stereocenters. The number of nitrogens with one attached hydrogen (secondary N) is 1. The summed E-state index contributed by atoms with van der Waals surface area (Å²) in [6, 6.07) is 5.11. The van der Waals surface area contributed by atoms with Gasteiger partial charge in [0, 0.05) is 36.1 Å². The topological polar surface area (TPSA) is 111 Å². The standard InChI is InChI=1S/C20H23N7O2.ClH/c1-19-5-6-20(2,25-19)11-14(10-19)29-17-4-3-15(23-24-17)18-16(28)9-13(12-21-18)27-8-7-22-26-27;/h3-4,7-9,12,14,25,28H,5-6,10-11H2,1-2H3;1H/t14?,19-,20+;. The molecule has 0 aromatic carbocycles. The molecule has 0 aliphatic carbocycles. The highest BCUT2D eigenvalue weighted by Gasteiger charge is 2.49. The highest BCUT2D eigenvalue weighted by Crippen LogP contribution is 2.43. The van der Waals surface area contributed by atoms with Gasteiger partial charge in [-0.1, -0.05) is 5.21 Å².